The maximum Gasteiger partial charge on any atom is 0.182 e. The highest BCUT2D eigenvalue weighted by molar-refractivity contribution is 7.90. The van der Waals surface area contributed by atoms with Crippen LogP contribution < -0.4 is 0 Å². The normalized spacial score (nSPS) is 11.4. The molecule has 2 aromatic rings. The van der Waals surface area contributed by atoms with Crippen molar-refractivity contribution in [2.24, 2.45) is 0 Å². The summed E-state index contributed by atoms with van der Waals surface area (Å²) < 4.78 is 37.1. The second-order valence-corrected chi connectivity index (χ2v) is 6.27. The third-order valence-electron chi connectivity index (χ3n) is 2.42. The minimum atomic E-state index is -3.47. The van der Waals surface area contributed by atoms with Crippen molar-refractivity contribution in [2.75, 3.05) is 0 Å². The molecule has 0 radical (unpaired) electrons. The van der Waals surface area contributed by atoms with E-state index in [1.165, 1.54) is 42.5 Å². The third kappa shape index (κ3) is 3.09. The maximum atomic E-state index is 13.0. The lowest BCUT2D eigenvalue weighted by atomic mass is 10.2. The van der Waals surface area contributed by atoms with Crippen molar-refractivity contribution in [3.63, 3.8) is 0 Å². The lowest BCUT2D eigenvalue weighted by Crippen LogP contribution is -2.05. The minimum absolute atomic E-state index is 0.177. The fourth-order valence-corrected chi connectivity index (χ4v) is 3.03. The molecule has 94 valence electrons. The van der Waals surface area contributed by atoms with Crippen molar-refractivity contribution in [1.29, 1.82) is 0 Å². The van der Waals surface area contributed by atoms with Gasteiger partial charge in [0.1, 0.15) is 5.82 Å². The van der Waals surface area contributed by atoms with Crippen LogP contribution in [-0.2, 0) is 15.6 Å². The molecule has 0 aliphatic rings. The molecule has 2 nitrogen and oxygen atoms in total. The average Bonchev–Trinajstić information content (AvgIpc) is 2.29. The lowest BCUT2D eigenvalue weighted by Gasteiger charge is -2.05. The first kappa shape index (κ1) is 13.1. The Morgan fingerprint density at radius 3 is 2.33 bits per heavy atom. The van der Waals surface area contributed by atoms with E-state index in [0.717, 1.165) is 0 Å². The first-order chi connectivity index (χ1) is 8.47. The molecule has 0 atom stereocenters. The van der Waals surface area contributed by atoms with Crippen molar-refractivity contribution >= 4 is 21.4 Å². The van der Waals surface area contributed by atoms with E-state index in [0.29, 0.717) is 10.6 Å². The van der Waals surface area contributed by atoms with Crippen molar-refractivity contribution < 1.29 is 12.8 Å². The summed E-state index contributed by atoms with van der Waals surface area (Å²) in [5.74, 6) is -0.675. The number of benzene rings is 2. The average molecular weight is 285 g/mol. The van der Waals surface area contributed by atoms with E-state index in [9.17, 15) is 12.8 Å². The van der Waals surface area contributed by atoms with Gasteiger partial charge in [0.15, 0.2) is 9.84 Å². The van der Waals surface area contributed by atoms with E-state index in [2.05, 4.69) is 0 Å². The zero-order chi connectivity index (χ0) is 13.2. The summed E-state index contributed by atoms with van der Waals surface area (Å²) >= 11 is 5.70. The summed E-state index contributed by atoms with van der Waals surface area (Å²) in [6, 6.07) is 11.5. The standard InChI is InChI=1S/C13H10ClFO2S/c14-11-4-6-13(7-5-11)18(16,17)9-10-2-1-3-12(15)8-10/h1-8H,9H2. The number of hydrogen-bond donors (Lipinski definition) is 0. The molecule has 0 bridgehead atoms. The van der Waals surface area contributed by atoms with E-state index >= 15 is 0 Å². The third-order valence-corrected chi connectivity index (χ3v) is 4.37. The van der Waals surface area contributed by atoms with E-state index in [1.807, 2.05) is 0 Å². The molecule has 2 aromatic carbocycles. The predicted molar refractivity (Wildman–Crippen MR) is 68.7 cm³/mol. The topological polar surface area (TPSA) is 34.1 Å². The largest absolute Gasteiger partial charge is 0.223 e. The zero-order valence-electron chi connectivity index (χ0n) is 9.31. The van der Waals surface area contributed by atoms with Crippen molar-refractivity contribution in [2.45, 2.75) is 10.6 Å². The zero-order valence-corrected chi connectivity index (χ0v) is 10.9. The smallest absolute Gasteiger partial charge is 0.182 e. The van der Waals surface area contributed by atoms with E-state index < -0.39 is 15.7 Å². The van der Waals surface area contributed by atoms with Gasteiger partial charge in [-0.3, -0.25) is 0 Å². The molecule has 0 fully saturated rings. The Balaban J connectivity index is 2.30. The fourth-order valence-electron chi connectivity index (χ4n) is 1.57. The van der Waals surface area contributed by atoms with Gasteiger partial charge in [0.25, 0.3) is 0 Å². The predicted octanol–water partition coefficient (Wildman–Crippen LogP) is 3.45. The van der Waals surface area contributed by atoms with E-state index in [1.54, 1.807) is 6.07 Å². The minimum Gasteiger partial charge on any atom is -0.223 e. The van der Waals surface area contributed by atoms with Gasteiger partial charge in [0, 0.05) is 5.02 Å². The van der Waals surface area contributed by atoms with Crippen LogP contribution in [0, 0.1) is 5.82 Å². The van der Waals surface area contributed by atoms with Gasteiger partial charge in [-0.25, -0.2) is 12.8 Å². The molecule has 0 N–H and O–H groups in total. The molecule has 0 saturated heterocycles. The Morgan fingerprint density at radius 1 is 1.06 bits per heavy atom. The van der Waals surface area contributed by atoms with E-state index in [-0.39, 0.29) is 10.6 Å². The molecular weight excluding hydrogens is 275 g/mol. The molecule has 2 rings (SSSR count). The summed E-state index contributed by atoms with van der Waals surface area (Å²) in [6.45, 7) is 0. The highest BCUT2D eigenvalue weighted by Crippen LogP contribution is 2.19. The van der Waals surface area contributed by atoms with Crippen LogP contribution in [0.4, 0.5) is 4.39 Å². The first-order valence-corrected chi connectivity index (χ1v) is 7.23. The Hall–Kier alpha value is -1.39. The number of halogens is 2. The van der Waals surface area contributed by atoms with Gasteiger partial charge >= 0.3 is 0 Å². The summed E-state index contributed by atoms with van der Waals surface area (Å²) in [7, 11) is -3.47. The molecule has 0 heterocycles. The second-order valence-electron chi connectivity index (χ2n) is 3.84. The number of rotatable bonds is 3. The molecule has 0 aliphatic carbocycles. The Morgan fingerprint density at radius 2 is 1.72 bits per heavy atom. The van der Waals surface area contributed by atoms with Gasteiger partial charge in [0.2, 0.25) is 0 Å². The molecule has 0 amide bonds. The molecule has 0 aliphatic heterocycles. The van der Waals surface area contributed by atoms with Gasteiger partial charge in [-0.15, -0.1) is 0 Å². The van der Waals surface area contributed by atoms with Crippen LogP contribution in [-0.4, -0.2) is 8.42 Å². The summed E-state index contributed by atoms with van der Waals surface area (Å²) in [5, 5.41) is 0.472. The van der Waals surface area contributed by atoms with Crippen molar-refractivity contribution in [1.82, 2.24) is 0 Å². The first-order valence-electron chi connectivity index (χ1n) is 5.20. The quantitative estimate of drug-likeness (QED) is 0.865. The van der Waals surface area contributed by atoms with Crippen molar-refractivity contribution in [3.05, 3.63) is 64.9 Å². The van der Waals surface area contributed by atoms with E-state index in [4.69, 9.17) is 11.6 Å². The lowest BCUT2D eigenvalue weighted by molar-refractivity contribution is 0.594. The Bertz CT molecular complexity index is 651. The van der Waals surface area contributed by atoms with Crippen molar-refractivity contribution in [3.8, 4) is 0 Å². The second kappa shape index (κ2) is 5.08. The Kier molecular flexibility index (Phi) is 3.68. The summed E-state index contributed by atoms with van der Waals surface area (Å²) in [5.41, 5.74) is 0.421. The van der Waals surface area contributed by atoms with Crippen LogP contribution in [0.15, 0.2) is 53.4 Å². The van der Waals surface area contributed by atoms with Crippen LogP contribution in [0.5, 0.6) is 0 Å². The Labute approximate surface area is 110 Å². The van der Waals surface area contributed by atoms with Crippen LogP contribution >= 0.6 is 11.6 Å². The molecule has 5 heteroatoms. The molecular formula is C13H10ClFO2S. The van der Waals surface area contributed by atoms with Gasteiger partial charge in [0.05, 0.1) is 10.6 Å². The molecule has 0 spiro atoms. The maximum absolute atomic E-state index is 13.0. The van der Waals surface area contributed by atoms with Gasteiger partial charge in [-0.05, 0) is 42.0 Å². The van der Waals surface area contributed by atoms with Crippen LogP contribution in [0.25, 0.3) is 0 Å². The molecule has 0 saturated carbocycles. The molecule has 0 aromatic heterocycles. The van der Waals surface area contributed by atoms with Gasteiger partial charge in [-0.1, -0.05) is 23.7 Å². The summed E-state index contributed by atoms with van der Waals surface area (Å²) in [6.07, 6.45) is 0. The molecule has 0 unspecified atom stereocenters. The highest BCUT2D eigenvalue weighted by Gasteiger charge is 2.15. The van der Waals surface area contributed by atoms with Crippen LogP contribution in [0.2, 0.25) is 5.02 Å². The van der Waals surface area contributed by atoms with Crippen LogP contribution in [0.1, 0.15) is 5.56 Å². The fraction of sp³-hybridized carbons (Fsp3) is 0.0769. The van der Waals surface area contributed by atoms with Crippen LogP contribution in [0.3, 0.4) is 0 Å². The summed E-state index contributed by atoms with van der Waals surface area (Å²) in [4.78, 5) is 0.177. The molecule has 18 heavy (non-hydrogen) atoms. The number of hydrogen-bond acceptors (Lipinski definition) is 2. The van der Waals surface area contributed by atoms with Gasteiger partial charge in [-0.2, -0.15) is 0 Å². The SMILES string of the molecule is O=S(=O)(Cc1cccc(F)c1)c1ccc(Cl)cc1. The van der Waals surface area contributed by atoms with Gasteiger partial charge < -0.3 is 0 Å². The highest BCUT2D eigenvalue weighted by atomic mass is 35.5. The number of sulfone groups is 1. The monoisotopic (exact) mass is 284 g/mol.